The van der Waals surface area contributed by atoms with E-state index in [4.69, 9.17) is 0 Å². The van der Waals surface area contributed by atoms with Crippen molar-refractivity contribution in [3.8, 4) is 0 Å². The van der Waals surface area contributed by atoms with Gasteiger partial charge in [-0.15, -0.1) is 0 Å². The Kier molecular flexibility index (Phi) is 4.39. The van der Waals surface area contributed by atoms with Crippen molar-refractivity contribution in [2.75, 3.05) is 23.7 Å². The maximum absolute atomic E-state index is 11.9. The van der Waals surface area contributed by atoms with Crippen LogP contribution < -0.4 is 10.6 Å². The van der Waals surface area contributed by atoms with Gasteiger partial charge in [-0.1, -0.05) is 0 Å². The van der Waals surface area contributed by atoms with Crippen LogP contribution in [0.15, 0.2) is 18.3 Å². The van der Waals surface area contributed by atoms with Gasteiger partial charge in [-0.05, 0) is 13.0 Å². The Morgan fingerprint density at radius 3 is 2.69 bits per heavy atom. The van der Waals surface area contributed by atoms with Crippen LogP contribution in [0, 0.1) is 0 Å². The standard InChI is InChI=1S/C10H14F3N3/c1-2-14-9-7-8(3-5-16-9)15-6-4-10(11,12)13/h3,5,7H,2,4,6H2,1H3,(H2,14,15,16). The smallest absolute Gasteiger partial charge is 0.385 e. The van der Waals surface area contributed by atoms with Gasteiger partial charge in [0.25, 0.3) is 0 Å². The molecule has 0 aromatic carbocycles. The largest absolute Gasteiger partial charge is 0.390 e. The van der Waals surface area contributed by atoms with Crippen LogP contribution in [-0.4, -0.2) is 24.2 Å². The Balaban J connectivity index is 2.44. The zero-order chi connectivity index (χ0) is 12.0. The third kappa shape index (κ3) is 4.86. The number of pyridine rings is 1. The third-order valence-electron chi connectivity index (χ3n) is 1.86. The number of nitrogens with one attached hydrogen (secondary N) is 2. The minimum Gasteiger partial charge on any atom is -0.385 e. The van der Waals surface area contributed by atoms with E-state index in [0.29, 0.717) is 11.5 Å². The number of anilines is 2. The molecule has 3 nitrogen and oxygen atoms in total. The summed E-state index contributed by atoms with van der Waals surface area (Å²) in [5.74, 6) is 0.652. The SMILES string of the molecule is CCNc1cc(NCCC(F)(F)F)ccn1. The number of nitrogens with zero attached hydrogens (tertiary/aromatic N) is 1. The molecule has 16 heavy (non-hydrogen) atoms. The quantitative estimate of drug-likeness (QED) is 0.821. The fourth-order valence-corrected chi connectivity index (χ4v) is 1.17. The predicted molar refractivity (Wildman–Crippen MR) is 57.6 cm³/mol. The molecule has 1 rings (SSSR count). The number of hydrogen-bond donors (Lipinski definition) is 2. The fraction of sp³-hybridized carbons (Fsp3) is 0.500. The number of hydrogen-bond acceptors (Lipinski definition) is 3. The van der Waals surface area contributed by atoms with E-state index in [-0.39, 0.29) is 6.54 Å². The maximum atomic E-state index is 11.9. The van der Waals surface area contributed by atoms with E-state index in [1.807, 2.05) is 6.92 Å². The molecule has 0 aliphatic rings. The van der Waals surface area contributed by atoms with Gasteiger partial charge in [0.15, 0.2) is 0 Å². The van der Waals surface area contributed by atoms with Gasteiger partial charge in [-0.3, -0.25) is 0 Å². The molecule has 2 N–H and O–H groups in total. The summed E-state index contributed by atoms with van der Waals surface area (Å²) in [7, 11) is 0. The molecule has 1 aromatic rings. The van der Waals surface area contributed by atoms with Gasteiger partial charge in [-0.25, -0.2) is 4.98 Å². The van der Waals surface area contributed by atoms with Crippen LogP contribution in [0.5, 0.6) is 0 Å². The van der Waals surface area contributed by atoms with Crippen LogP contribution >= 0.6 is 0 Å². The Morgan fingerprint density at radius 1 is 1.31 bits per heavy atom. The summed E-state index contributed by atoms with van der Waals surface area (Å²) in [4.78, 5) is 4.01. The van der Waals surface area contributed by atoms with Gasteiger partial charge in [0.05, 0.1) is 6.42 Å². The molecular weight excluding hydrogens is 219 g/mol. The number of halogens is 3. The molecule has 1 aromatic heterocycles. The summed E-state index contributed by atoms with van der Waals surface area (Å²) in [5, 5.41) is 5.68. The molecule has 1 heterocycles. The van der Waals surface area contributed by atoms with Crippen LogP contribution in [-0.2, 0) is 0 Å². The van der Waals surface area contributed by atoms with Crippen LogP contribution in [0.4, 0.5) is 24.7 Å². The summed E-state index contributed by atoms with van der Waals surface area (Å²) in [5.41, 5.74) is 0.634. The zero-order valence-corrected chi connectivity index (χ0v) is 8.93. The second-order valence-electron chi connectivity index (χ2n) is 3.25. The highest BCUT2D eigenvalue weighted by atomic mass is 19.4. The highest BCUT2D eigenvalue weighted by Gasteiger charge is 2.25. The van der Waals surface area contributed by atoms with E-state index in [1.54, 1.807) is 18.3 Å². The molecule has 0 spiro atoms. The Labute approximate surface area is 92.1 Å². The van der Waals surface area contributed by atoms with Gasteiger partial charge in [-0.2, -0.15) is 13.2 Å². The molecule has 0 saturated carbocycles. The lowest BCUT2D eigenvalue weighted by atomic mass is 10.3. The van der Waals surface area contributed by atoms with Gasteiger partial charge in [0.2, 0.25) is 0 Å². The van der Waals surface area contributed by atoms with E-state index in [9.17, 15) is 13.2 Å². The molecule has 0 fully saturated rings. The second-order valence-corrected chi connectivity index (χ2v) is 3.25. The second kappa shape index (κ2) is 5.58. The first kappa shape index (κ1) is 12.6. The monoisotopic (exact) mass is 233 g/mol. The molecule has 90 valence electrons. The third-order valence-corrected chi connectivity index (χ3v) is 1.86. The number of alkyl halides is 3. The topological polar surface area (TPSA) is 37.0 Å². The van der Waals surface area contributed by atoms with E-state index < -0.39 is 12.6 Å². The van der Waals surface area contributed by atoms with Crippen LogP contribution in [0.3, 0.4) is 0 Å². The summed E-state index contributed by atoms with van der Waals surface area (Å²) < 4.78 is 35.7. The lowest BCUT2D eigenvalue weighted by Crippen LogP contribution is -2.14. The average Bonchev–Trinajstić information content (AvgIpc) is 2.17. The highest BCUT2D eigenvalue weighted by Crippen LogP contribution is 2.19. The Bertz CT molecular complexity index is 325. The molecule has 0 aliphatic heterocycles. The summed E-state index contributed by atoms with van der Waals surface area (Å²) in [6.45, 7) is 2.52. The molecule has 0 amide bonds. The first-order valence-corrected chi connectivity index (χ1v) is 5.02. The van der Waals surface area contributed by atoms with Gasteiger partial charge < -0.3 is 10.6 Å². The van der Waals surface area contributed by atoms with Crippen LogP contribution in [0.25, 0.3) is 0 Å². The fourth-order valence-electron chi connectivity index (χ4n) is 1.17. The average molecular weight is 233 g/mol. The van der Waals surface area contributed by atoms with Crippen molar-refractivity contribution in [1.82, 2.24) is 4.98 Å². The van der Waals surface area contributed by atoms with Crippen LogP contribution in [0.1, 0.15) is 13.3 Å². The molecule has 6 heteroatoms. The van der Waals surface area contributed by atoms with Crippen molar-refractivity contribution in [2.45, 2.75) is 19.5 Å². The molecule has 0 bridgehead atoms. The zero-order valence-electron chi connectivity index (χ0n) is 8.93. The summed E-state index contributed by atoms with van der Waals surface area (Å²) in [6, 6.07) is 3.32. The minimum absolute atomic E-state index is 0.126. The number of rotatable bonds is 5. The molecule has 0 unspecified atom stereocenters. The van der Waals surface area contributed by atoms with E-state index in [2.05, 4.69) is 15.6 Å². The first-order valence-electron chi connectivity index (χ1n) is 5.02. The van der Waals surface area contributed by atoms with E-state index in [0.717, 1.165) is 6.54 Å². The van der Waals surface area contributed by atoms with Crippen LogP contribution in [0.2, 0.25) is 0 Å². The molecule has 0 radical (unpaired) electrons. The van der Waals surface area contributed by atoms with Crippen molar-refractivity contribution in [3.63, 3.8) is 0 Å². The minimum atomic E-state index is -4.12. The molecule has 0 saturated heterocycles. The lowest BCUT2D eigenvalue weighted by Gasteiger charge is -2.10. The molecule has 0 atom stereocenters. The maximum Gasteiger partial charge on any atom is 0.390 e. The van der Waals surface area contributed by atoms with E-state index in [1.165, 1.54) is 0 Å². The van der Waals surface area contributed by atoms with Crippen molar-refractivity contribution in [2.24, 2.45) is 0 Å². The molecular formula is C10H14F3N3. The number of aromatic nitrogens is 1. The van der Waals surface area contributed by atoms with Crippen molar-refractivity contribution >= 4 is 11.5 Å². The Hall–Kier alpha value is -1.46. The van der Waals surface area contributed by atoms with Crippen molar-refractivity contribution in [1.29, 1.82) is 0 Å². The lowest BCUT2D eigenvalue weighted by molar-refractivity contribution is -0.131. The van der Waals surface area contributed by atoms with Crippen molar-refractivity contribution < 1.29 is 13.2 Å². The van der Waals surface area contributed by atoms with Crippen molar-refractivity contribution in [3.05, 3.63) is 18.3 Å². The Morgan fingerprint density at radius 2 is 2.06 bits per heavy atom. The highest BCUT2D eigenvalue weighted by molar-refractivity contribution is 5.51. The molecule has 0 aliphatic carbocycles. The van der Waals surface area contributed by atoms with Gasteiger partial charge >= 0.3 is 6.18 Å². The summed E-state index contributed by atoms with van der Waals surface area (Å²) in [6.07, 6.45) is -3.41. The van der Waals surface area contributed by atoms with Gasteiger partial charge in [0.1, 0.15) is 5.82 Å². The normalized spacial score (nSPS) is 11.2. The van der Waals surface area contributed by atoms with Gasteiger partial charge in [0, 0.05) is 31.0 Å². The summed E-state index contributed by atoms with van der Waals surface area (Å²) >= 11 is 0. The predicted octanol–water partition coefficient (Wildman–Crippen LogP) is 2.88. The van der Waals surface area contributed by atoms with E-state index >= 15 is 0 Å². The first-order chi connectivity index (χ1) is 7.51.